The number of nitrogens with one attached hydrogen (secondary N) is 13. The maximum absolute atomic E-state index is 14.7. The monoisotopic (exact) mass is 1070 g/mol. The van der Waals surface area contributed by atoms with Crippen LogP contribution in [0.3, 0.4) is 0 Å². The minimum atomic E-state index is -1.60. The van der Waals surface area contributed by atoms with Crippen LogP contribution >= 0.6 is 0 Å². The summed E-state index contributed by atoms with van der Waals surface area (Å²) in [5.41, 5.74) is 24.9. The van der Waals surface area contributed by atoms with E-state index in [0.717, 1.165) is 16.5 Å². The van der Waals surface area contributed by atoms with Crippen LogP contribution in [0.4, 0.5) is 0 Å². The molecule has 1 aromatic heterocycles. The highest BCUT2D eigenvalue weighted by Gasteiger charge is 2.35. The zero-order valence-electron chi connectivity index (χ0n) is 43.2. The third-order valence-electron chi connectivity index (χ3n) is 12.6. The van der Waals surface area contributed by atoms with Crippen LogP contribution in [0, 0.1) is 17.7 Å². The van der Waals surface area contributed by atoms with Gasteiger partial charge in [-0.25, -0.2) is 0 Å². The lowest BCUT2D eigenvalue weighted by molar-refractivity contribution is -0.136. The van der Waals surface area contributed by atoms with Crippen molar-refractivity contribution < 1.29 is 47.9 Å². The molecule has 21 N–H and O–H groups in total. The van der Waals surface area contributed by atoms with Gasteiger partial charge >= 0.3 is 0 Å². The maximum Gasteiger partial charge on any atom is 0.243 e. The van der Waals surface area contributed by atoms with Gasteiger partial charge in [0.05, 0.1) is 0 Å². The fourth-order valence-corrected chi connectivity index (χ4v) is 8.48. The van der Waals surface area contributed by atoms with Gasteiger partial charge in [-0.05, 0) is 81.0 Å². The number of aromatic amines is 1. The van der Waals surface area contributed by atoms with E-state index in [2.05, 4.69) is 58.2 Å². The molecule has 0 spiro atoms. The van der Waals surface area contributed by atoms with E-state index in [1.807, 2.05) is 18.2 Å². The van der Waals surface area contributed by atoms with Crippen LogP contribution < -0.4 is 76.1 Å². The van der Waals surface area contributed by atoms with Crippen molar-refractivity contribution in [1.29, 1.82) is 10.8 Å². The molecular formula is C50H73N17O10. The van der Waals surface area contributed by atoms with Gasteiger partial charge in [0.1, 0.15) is 42.3 Å². The van der Waals surface area contributed by atoms with Crippen LogP contribution in [0.1, 0.15) is 87.8 Å². The minimum Gasteiger partial charge on any atom is -0.370 e. The normalized spacial score (nSPS) is 20.8. The number of nitrogens with two attached hydrogens (primary N) is 4. The third kappa shape index (κ3) is 20.8. The summed E-state index contributed by atoms with van der Waals surface area (Å²) < 4.78 is 0. The molecule has 1 fully saturated rings. The van der Waals surface area contributed by atoms with Gasteiger partial charge in [-0.3, -0.25) is 58.8 Å². The maximum atomic E-state index is 14.7. The van der Waals surface area contributed by atoms with E-state index < -0.39 is 114 Å². The molecule has 1 saturated heterocycles. The number of hydrogen-bond acceptors (Lipinski definition) is 12. The molecule has 10 amide bonds. The number of carbonyl (C=O) groups is 10. The number of aryl methyl sites for hydroxylation is 1. The summed E-state index contributed by atoms with van der Waals surface area (Å²) in [6.45, 7) is 3.16. The number of aromatic nitrogens is 1. The van der Waals surface area contributed by atoms with Crippen molar-refractivity contribution in [1.82, 2.24) is 58.2 Å². The van der Waals surface area contributed by atoms with Crippen molar-refractivity contribution in [2.45, 2.75) is 133 Å². The molecule has 27 nitrogen and oxygen atoms in total. The van der Waals surface area contributed by atoms with Crippen LogP contribution in [-0.4, -0.2) is 138 Å². The highest BCUT2D eigenvalue weighted by atomic mass is 16.2. The number of H-pyrrole nitrogens is 1. The highest BCUT2D eigenvalue weighted by molar-refractivity contribution is 5.98. The minimum absolute atomic E-state index is 0.0177. The summed E-state index contributed by atoms with van der Waals surface area (Å²) in [6, 6.07) is 4.29. The zero-order chi connectivity index (χ0) is 56.6. The van der Waals surface area contributed by atoms with Crippen molar-refractivity contribution in [2.75, 3.05) is 19.6 Å². The number of fused-ring (bicyclic) bond motifs is 1. The Morgan fingerprint density at radius 2 is 1.26 bits per heavy atom. The molecule has 3 aromatic rings. The third-order valence-corrected chi connectivity index (χ3v) is 12.6. The standard InChI is InChI=1S/C50H73N17O10/c1-27-10-3-4-11-29(27)24-38-48(77)63-35(16-9-23-59-50(55)56)44(73)67-39(25-30-26-60-32-13-6-5-12-31(30)32)47(76)62-33(42(52)71)14-7-21-57-41(70)20-18-37(45(74)64-36(46(75)66-38)17-19-40(51)69)65-43(72)34(61-28(2)68)15-8-22-58-49(53)54/h3-6,10-13,26,33-39,60H,7-9,14-25H2,1-2H3,(H2,51,69)(H2,52,71)(H,57,70)(H,61,68)(H,62,76)(H,63,77)(H,64,74)(H,65,72)(H,66,75)(H,67,73)(H4,53,54,58)(H4,55,56,59)/t33?,34-,35-,36-,37-,38+,39-/m0/s1. The average molecular weight is 1070 g/mol. The van der Waals surface area contributed by atoms with Gasteiger partial charge in [0.15, 0.2) is 11.9 Å². The first-order valence-electron chi connectivity index (χ1n) is 25.3. The van der Waals surface area contributed by atoms with Crippen LogP contribution in [0.25, 0.3) is 10.9 Å². The zero-order valence-corrected chi connectivity index (χ0v) is 43.2. The van der Waals surface area contributed by atoms with E-state index >= 15 is 0 Å². The van der Waals surface area contributed by atoms with Crippen LogP contribution in [-0.2, 0) is 60.8 Å². The Morgan fingerprint density at radius 3 is 1.90 bits per heavy atom. The largest absolute Gasteiger partial charge is 0.370 e. The summed E-state index contributed by atoms with van der Waals surface area (Å²) in [7, 11) is 0. The number of rotatable bonds is 19. The Balaban J connectivity index is 1.80. The Bertz CT molecular complexity index is 2620. The highest BCUT2D eigenvalue weighted by Crippen LogP contribution is 2.20. The molecule has 0 saturated carbocycles. The molecule has 1 unspecified atom stereocenters. The van der Waals surface area contributed by atoms with E-state index in [4.69, 9.17) is 33.8 Å². The Morgan fingerprint density at radius 1 is 0.688 bits per heavy atom. The van der Waals surface area contributed by atoms with Crippen molar-refractivity contribution in [3.05, 3.63) is 71.4 Å². The predicted octanol–water partition coefficient (Wildman–Crippen LogP) is -3.36. The van der Waals surface area contributed by atoms with Gasteiger partial charge in [0.2, 0.25) is 59.1 Å². The van der Waals surface area contributed by atoms with E-state index in [1.165, 1.54) is 6.92 Å². The number of hydrogen-bond donors (Lipinski definition) is 17. The van der Waals surface area contributed by atoms with Crippen molar-refractivity contribution in [2.24, 2.45) is 22.9 Å². The number of benzene rings is 2. The Hall–Kier alpha value is -8.78. The second kappa shape index (κ2) is 30.6. The number of amides is 10. The van der Waals surface area contributed by atoms with Crippen molar-refractivity contribution in [3.63, 3.8) is 0 Å². The molecule has 4 rings (SSSR count). The number of para-hydroxylation sites is 1. The van der Waals surface area contributed by atoms with Gasteiger partial charge in [-0.2, -0.15) is 0 Å². The Labute approximate surface area is 444 Å². The smallest absolute Gasteiger partial charge is 0.243 e. The molecule has 1 aliphatic rings. The lowest BCUT2D eigenvalue weighted by Crippen LogP contribution is -2.60. The van der Waals surface area contributed by atoms with Gasteiger partial charge in [0.25, 0.3) is 0 Å². The summed E-state index contributed by atoms with van der Waals surface area (Å²) in [5, 5.41) is 42.1. The quantitative estimate of drug-likeness (QED) is 0.0317. The molecule has 418 valence electrons. The van der Waals surface area contributed by atoms with Gasteiger partial charge in [-0.15, -0.1) is 0 Å². The summed E-state index contributed by atoms with van der Waals surface area (Å²) in [5.74, 6) is -8.96. The topological polar surface area (TPSA) is 459 Å². The molecule has 2 heterocycles. The van der Waals surface area contributed by atoms with E-state index in [-0.39, 0.29) is 95.8 Å². The molecule has 0 radical (unpaired) electrons. The van der Waals surface area contributed by atoms with Crippen LogP contribution in [0.5, 0.6) is 0 Å². The second-order valence-electron chi connectivity index (χ2n) is 18.7. The summed E-state index contributed by atoms with van der Waals surface area (Å²) in [6.07, 6.45) is 0.140. The van der Waals surface area contributed by atoms with Crippen LogP contribution in [0.15, 0.2) is 54.7 Å². The average Bonchev–Trinajstić information content (AvgIpc) is 3.79. The van der Waals surface area contributed by atoms with Gasteiger partial charge in [-0.1, -0.05) is 42.5 Å². The second-order valence-corrected chi connectivity index (χ2v) is 18.7. The van der Waals surface area contributed by atoms with Crippen molar-refractivity contribution in [3.8, 4) is 0 Å². The molecule has 1 aliphatic heterocycles. The van der Waals surface area contributed by atoms with Crippen molar-refractivity contribution >= 4 is 81.9 Å². The van der Waals surface area contributed by atoms with Crippen LogP contribution in [0.2, 0.25) is 0 Å². The summed E-state index contributed by atoms with van der Waals surface area (Å²) in [4.78, 5) is 140. The Kier molecular flexibility index (Phi) is 24.1. The fraction of sp³-hybridized carbons (Fsp3) is 0.480. The first-order chi connectivity index (χ1) is 36.6. The fourth-order valence-electron chi connectivity index (χ4n) is 8.48. The van der Waals surface area contributed by atoms with E-state index in [0.29, 0.717) is 11.1 Å². The molecule has 0 aliphatic carbocycles. The van der Waals surface area contributed by atoms with Gasteiger partial charge < -0.3 is 81.1 Å². The van der Waals surface area contributed by atoms with Gasteiger partial charge in [0, 0.05) is 69.3 Å². The van der Waals surface area contributed by atoms with E-state index in [9.17, 15) is 47.9 Å². The number of primary amides is 2. The summed E-state index contributed by atoms with van der Waals surface area (Å²) >= 11 is 0. The lowest BCUT2D eigenvalue weighted by atomic mass is 9.99. The first-order valence-corrected chi connectivity index (χ1v) is 25.3. The number of carbonyl (C=O) groups excluding carboxylic acids is 10. The number of guanidine groups is 2. The molecular weight excluding hydrogens is 999 g/mol. The molecule has 27 heteroatoms. The SMILES string of the molecule is CC(=O)N[C@@H](CCCNC(=N)N)C(=O)N[C@H]1CCC(=O)NCCCC(C(N)=O)NC(=O)[C@H](Cc2c[nH]c3ccccc23)NC(=O)[C@H](CCCNC(=N)N)NC(=O)[C@@H](Cc2ccccc2C)NC(=O)[C@H](CCC(N)=O)NC1=O. The molecule has 7 atom stereocenters. The molecule has 2 aromatic carbocycles. The van der Waals surface area contributed by atoms with E-state index in [1.54, 1.807) is 43.5 Å². The molecule has 0 bridgehead atoms. The predicted molar refractivity (Wildman–Crippen MR) is 283 cm³/mol. The molecule has 77 heavy (non-hydrogen) atoms. The first kappa shape index (κ1) is 60.8. The lowest BCUT2D eigenvalue weighted by Gasteiger charge is -2.28.